The van der Waals surface area contributed by atoms with Gasteiger partial charge in [-0.05, 0) is 63.6 Å². The standard InChI is InChI=1S/C24H23ClFN3O/c1-5-29-22-12-20(26)16(11-18(22)15(2)13-24(29,3)4)10-17(14-27)23(30)28-21-9-7-6-8-19(21)25/h6-13H,5H2,1-4H3,(H,28,30)/b17-10+. The number of para-hydroxylation sites is 1. The summed E-state index contributed by atoms with van der Waals surface area (Å²) in [6, 6.07) is 11.7. The average molecular weight is 424 g/mol. The zero-order chi connectivity index (χ0) is 22.1. The number of fused-ring (bicyclic) bond motifs is 1. The molecule has 0 radical (unpaired) electrons. The van der Waals surface area contributed by atoms with Crippen molar-refractivity contribution in [3.8, 4) is 6.07 Å². The van der Waals surface area contributed by atoms with E-state index >= 15 is 0 Å². The second kappa shape index (κ2) is 8.33. The van der Waals surface area contributed by atoms with E-state index in [1.165, 1.54) is 12.1 Å². The van der Waals surface area contributed by atoms with Crippen LogP contribution >= 0.6 is 11.6 Å². The van der Waals surface area contributed by atoms with Crippen LogP contribution in [0.15, 0.2) is 48.0 Å². The maximum Gasteiger partial charge on any atom is 0.266 e. The minimum atomic E-state index is -0.647. The van der Waals surface area contributed by atoms with Crippen LogP contribution in [0.1, 0.15) is 38.8 Å². The maximum absolute atomic E-state index is 15.0. The van der Waals surface area contributed by atoms with Gasteiger partial charge in [0.2, 0.25) is 0 Å². The number of carbonyl (C=O) groups is 1. The lowest BCUT2D eigenvalue weighted by molar-refractivity contribution is -0.112. The van der Waals surface area contributed by atoms with Crippen molar-refractivity contribution >= 4 is 40.5 Å². The molecule has 1 N–H and O–H groups in total. The second-order valence-corrected chi connectivity index (χ2v) is 8.13. The molecule has 0 aliphatic carbocycles. The lowest BCUT2D eigenvalue weighted by Crippen LogP contribution is -2.45. The fourth-order valence-electron chi connectivity index (χ4n) is 3.86. The molecule has 30 heavy (non-hydrogen) atoms. The fraction of sp³-hybridized carbons (Fsp3) is 0.250. The molecule has 1 aliphatic rings. The van der Waals surface area contributed by atoms with E-state index in [1.807, 2.05) is 19.9 Å². The lowest BCUT2D eigenvalue weighted by atomic mass is 9.87. The minimum absolute atomic E-state index is 0.183. The lowest BCUT2D eigenvalue weighted by Gasteiger charge is -2.42. The summed E-state index contributed by atoms with van der Waals surface area (Å²) in [6.45, 7) is 8.90. The Morgan fingerprint density at radius 1 is 1.33 bits per heavy atom. The minimum Gasteiger partial charge on any atom is -0.363 e. The highest BCUT2D eigenvalue weighted by Crippen LogP contribution is 2.40. The molecule has 0 saturated carbocycles. The molecule has 0 spiro atoms. The molecule has 0 bridgehead atoms. The first-order valence-electron chi connectivity index (χ1n) is 9.66. The molecular weight excluding hydrogens is 401 g/mol. The van der Waals surface area contributed by atoms with Crippen molar-refractivity contribution < 1.29 is 9.18 Å². The Morgan fingerprint density at radius 3 is 2.67 bits per heavy atom. The van der Waals surface area contributed by atoms with E-state index in [2.05, 4.69) is 30.1 Å². The summed E-state index contributed by atoms with van der Waals surface area (Å²) >= 11 is 6.06. The van der Waals surface area contributed by atoms with Crippen LogP contribution < -0.4 is 10.2 Å². The van der Waals surface area contributed by atoms with Gasteiger partial charge in [0.1, 0.15) is 17.5 Å². The SMILES string of the molecule is CCN1c2cc(F)c(/C=C(\C#N)C(=O)Nc3ccccc3Cl)cc2C(C)=CC1(C)C. The van der Waals surface area contributed by atoms with Gasteiger partial charge in [0.05, 0.1) is 16.2 Å². The van der Waals surface area contributed by atoms with Crippen LogP contribution in [0.25, 0.3) is 11.6 Å². The predicted molar refractivity (Wildman–Crippen MR) is 121 cm³/mol. The number of nitrogens with one attached hydrogen (secondary N) is 1. The monoisotopic (exact) mass is 423 g/mol. The summed E-state index contributed by atoms with van der Waals surface area (Å²) in [5.41, 5.74) is 2.83. The highest BCUT2D eigenvalue weighted by Gasteiger charge is 2.31. The van der Waals surface area contributed by atoms with Crippen LogP contribution in [0.5, 0.6) is 0 Å². The largest absolute Gasteiger partial charge is 0.363 e. The van der Waals surface area contributed by atoms with E-state index in [0.717, 1.165) is 23.4 Å². The molecule has 2 aromatic rings. The van der Waals surface area contributed by atoms with Crippen LogP contribution in [-0.4, -0.2) is 18.0 Å². The van der Waals surface area contributed by atoms with Gasteiger partial charge in [-0.2, -0.15) is 5.26 Å². The number of halogens is 2. The third-order valence-corrected chi connectivity index (χ3v) is 5.53. The van der Waals surface area contributed by atoms with E-state index in [0.29, 0.717) is 10.7 Å². The molecule has 0 atom stereocenters. The zero-order valence-electron chi connectivity index (χ0n) is 17.4. The Hall–Kier alpha value is -3.10. The number of hydrogen-bond acceptors (Lipinski definition) is 3. The van der Waals surface area contributed by atoms with Crippen LogP contribution in [0.4, 0.5) is 15.8 Å². The van der Waals surface area contributed by atoms with Crippen molar-refractivity contribution in [2.24, 2.45) is 0 Å². The van der Waals surface area contributed by atoms with Crippen molar-refractivity contribution in [3.63, 3.8) is 0 Å². The number of amides is 1. The smallest absolute Gasteiger partial charge is 0.266 e. The number of likely N-dealkylation sites (N-methyl/N-ethyl adjacent to an activating group) is 1. The molecule has 0 fully saturated rings. The topological polar surface area (TPSA) is 56.1 Å². The quantitative estimate of drug-likeness (QED) is 0.481. The van der Waals surface area contributed by atoms with Crippen LogP contribution in [0.2, 0.25) is 5.02 Å². The maximum atomic E-state index is 15.0. The number of nitriles is 1. The molecule has 154 valence electrons. The van der Waals surface area contributed by atoms with Gasteiger partial charge < -0.3 is 10.2 Å². The van der Waals surface area contributed by atoms with Gasteiger partial charge in [0.15, 0.2) is 0 Å². The van der Waals surface area contributed by atoms with Gasteiger partial charge in [-0.25, -0.2) is 4.39 Å². The number of allylic oxidation sites excluding steroid dienone is 1. The Kier molecular flexibility index (Phi) is 6.00. The van der Waals surface area contributed by atoms with E-state index < -0.39 is 11.7 Å². The number of benzene rings is 2. The molecule has 2 aromatic carbocycles. The zero-order valence-corrected chi connectivity index (χ0v) is 18.1. The molecule has 0 unspecified atom stereocenters. The number of carbonyl (C=O) groups excluding carboxylic acids is 1. The number of hydrogen-bond donors (Lipinski definition) is 1. The van der Waals surface area contributed by atoms with Gasteiger partial charge in [-0.3, -0.25) is 4.79 Å². The molecule has 1 aliphatic heterocycles. The Bertz CT molecular complexity index is 1110. The first-order valence-corrected chi connectivity index (χ1v) is 10.0. The Morgan fingerprint density at radius 2 is 2.03 bits per heavy atom. The first-order chi connectivity index (χ1) is 14.2. The molecule has 0 saturated heterocycles. The molecule has 1 amide bonds. The van der Waals surface area contributed by atoms with E-state index in [4.69, 9.17) is 11.6 Å². The van der Waals surface area contributed by atoms with Crippen molar-refractivity contribution in [2.45, 2.75) is 33.2 Å². The van der Waals surface area contributed by atoms with Gasteiger partial charge in [0, 0.05) is 23.4 Å². The summed E-state index contributed by atoms with van der Waals surface area (Å²) < 4.78 is 15.0. The highest BCUT2D eigenvalue weighted by molar-refractivity contribution is 6.34. The summed E-state index contributed by atoms with van der Waals surface area (Å²) in [5, 5.41) is 12.4. The van der Waals surface area contributed by atoms with Gasteiger partial charge in [-0.15, -0.1) is 0 Å². The number of rotatable bonds is 4. The van der Waals surface area contributed by atoms with Crippen molar-refractivity contribution in [2.75, 3.05) is 16.8 Å². The van der Waals surface area contributed by atoms with Crippen LogP contribution in [0, 0.1) is 17.1 Å². The summed E-state index contributed by atoms with van der Waals surface area (Å²) in [4.78, 5) is 14.7. The molecule has 6 heteroatoms. The normalized spacial score (nSPS) is 15.2. The third kappa shape index (κ3) is 4.10. The fourth-order valence-corrected chi connectivity index (χ4v) is 4.04. The molecular formula is C24H23ClFN3O. The summed E-state index contributed by atoms with van der Waals surface area (Å²) in [5.74, 6) is -1.14. The highest BCUT2D eigenvalue weighted by atomic mass is 35.5. The summed E-state index contributed by atoms with van der Waals surface area (Å²) in [7, 11) is 0. The van der Waals surface area contributed by atoms with E-state index in [-0.39, 0.29) is 16.7 Å². The summed E-state index contributed by atoms with van der Waals surface area (Å²) in [6.07, 6.45) is 3.41. The van der Waals surface area contributed by atoms with Crippen LogP contribution in [0.3, 0.4) is 0 Å². The van der Waals surface area contributed by atoms with Gasteiger partial charge in [-0.1, -0.05) is 29.8 Å². The predicted octanol–water partition coefficient (Wildman–Crippen LogP) is 6.05. The average Bonchev–Trinajstić information content (AvgIpc) is 2.68. The van der Waals surface area contributed by atoms with Crippen molar-refractivity contribution in [1.82, 2.24) is 0 Å². The number of nitrogens with zero attached hydrogens (tertiary/aromatic N) is 2. The van der Waals surface area contributed by atoms with E-state index in [1.54, 1.807) is 30.3 Å². The van der Waals surface area contributed by atoms with Crippen molar-refractivity contribution in [3.05, 3.63) is 70.0 Å². The van der Waals surface area contributed by atoms with Gasteiger partial charge in [0.25, 0.3) is 5.91 Å². The first kappa shape index (κ1) is 21.6. The Labute approximate surface area is 181 Å². The molecule has 4 nitrogen and oxygen atoms in total. The van der Waals surface area contributed by atoms with Crippen molar-refractivity contribution in [1.29, 1.82) is 5.26 Å². The molecule has 3 rings (SSSR count). The molecule has 1 heterocycles. The second-order valence-electron chi connectivity index (χ2n) is 7.72. The third-order valence-electron chi connectivity index (χ3n) is 5.20. The van der Waals surface area contributed by atoms with Gasteiger partial charge >= 0.3 is 0 Å². The molecule has 0 aromatic heterocycles. The van der Waals surface area contributed by atoms with Crippen LogP contribution in [-0.2, 0) is 4.79 Å². The Balaban J connectivity index is 2.01. The number of anilines is 2. The van der Waals surface area contributed by atoms with E-state index in [9.17, 15) is 14.4 Å².